The Labute approximate surface area is 226 Å². The van der Waals surface area contributed by atoms with Gasteiger partial charge in [-0.2, -0.15) is 0 Å². The van der Waals surface area contributed by atoms with Gasteiger partial charge in [0.15, 0.2) is 0 Å². The molecule has 0 aromatic heterocycles. The Morgan fingerprint density at radius 3 is 1.53 bits per heavy atom. The van der Waals surface area contributed by atoms with E-state index in [2.05, 4.69) is 17.6 Å². The number of halogens is 1. The van der Waals surface area contributed by atoms with Crippen molar-refractivity contribution in [1.29, 1.82) is 0 Å². The highest BCUT2D eigenvalue weighted by molar-refractivity contribution is 5.87. The van der Waals surface area contributed by atoms with Gasteiger partial charge < -0.3 is 21.5 Å². The fraction of sp³-hybridized carbons (Fsp3) is 0.893. The van der Waals surface area contributed by atoms with Gasteiger partial charge in [-0.25, -0.2) is 4.79 Å². The van der Waals surface area contributed by atoms with Gasteiger partial charge >= 0.3 is 5.97 Å². The highest BCUT2D eigenvalue weighted by atomic mass is 35.5. The lowest BCUT2D eigenvalue weighted by atomic mass is 10.0. The molecule has 0 rings (SSSR count). The van der Waals surface area contributed by atoms with E-state index in [1.165, 1.54) is 89.9 Å². The molecule has 0 heterocycles. The van der Waals surface area contributed by atoms with Crippen LogP contribution in [0.4, 0.5) is 0 Å². The molecule has 0 aliphatic rings. The van der Waals surface area contributed by atoms with Crippen molar-refractivity contribution in [2.75, 3.05) is 6.54 Å². The van der Waals surface area contributed by atoms with Crippen molar-refractivity contribution in [3.05, 3.63) is 0 Å². The highest BCUT2D eigenvalue weighted by Gasteiger charge is 2.27. The Kier molecular flexibility index (Phi) is 25.9. The molecular formula is C28H56ClN3O4. The van der Waals surface area contributed by atoms with Crippen molar-refractivity contribution in [3.8, 4) is 0 Å². The third-order valence-electron chi connectivity index (χ3n) is 6.64. The average Bonchev–Trinajstić information content (AvgIpc) is 2.80. The van der Waals surface area contributed by atoms with Crippen LogP contribution >= 0.6 is 12.4 Å². The molecule has 0 fully saturated rings. The monoisotopic (exact) mass is 533 g/mol. The zero-order valence-electron chi connectivity index (χ0n) is 23.3. The second-order valence-electron chi connectivity index (χ2n) is 10.4. The molecule has 0 aromatic rings. The third-order valence-corrected chi connectivity index (χ3v) is 6.64. The van der Waals surface area contributed by atoms with E-state index in [9.17, 15) is 19.5 Å². The average molecular weight is 534 g/mol. The molecule has 0 aromatic carbocycles. The maximum atomic E-state index is 12.6. The van der Waals surface area contributed by atoms with Crippen LogP contribution in [0.25, 0.3) is 0 Å². The van der Waals surface area contributed by atoms with Crippen LogP contribution in [-0.4, -0.2) is 41.5 Å². The lowest BCUT2D eigenvalue weighted by molar-refractivity contribution is -0.142. The van der Waals surface area contributed by atoms with Crippen LogP contribution in [-0.2, 0) is 14.4 Å². The van der Waals surface area contributed by atoms with Crippen molar-refractivity contribution in [1.82, 2.24) is 10.6 Å². The standard InChI is InChI=1S/C28H55N3O4.ClH/c1-4-5-6-7-8-9-10-11-12-13-14-15-16-17-18-19-22-30-26(23(2)3)27(33)31-24(28(34)35)20-21-25(29)32;/h23-24,26,30H,4-22H2,1-3H3,(H2,29,32)(H,31,33)(H,34,35);1H/t24-,26+;/m1./s1. The summed E-state index contributed by atoms with van der Waals surface area (Å²) in [7, 11) is 0. The number of rotatable bonds is 25. The Bertz CT molecular complexity index is 561. The van der Waals surface area contributed by atoms with Crippen molar-refractivity contribution in [2.45, 2.75) is 148 Å². The van der Waals surface area contributed by atoms with E-state index in [0.29, 0.717) is 0 Å². The number of hydrogen-bond acceptors (Lipinski definition) is 4. The van der Waals surface area contributed by atoms with Crippen LogP contribution < -0.4 is 16.4 Å². The maximum Gasteiger partial charge on any atom is 0.326 e. The molecule has 0 aliphatic carbocycles. The van der Waals surface area contributed by atoms with Gasteiger partial charge in [-0.3, -0.25) is 9.59 Å². The number of carboxylic acids is 1. The molecule has 2 amide bonds. The lowest BCUT2D eigenvalue weighted by Crippen LogP contribution is -2.52. The summed E-state index contributed by atoms with van der Waals surface area (Å²) in [5.41, 5.74) is 5.10. The molecule has 36 heavy (non-hydrogen) atoms. The topological polar surface area (TPSA) is 122 Å². The van der Waals surface area contributed by atoms with Gasteiger partial charge in [0, 0.05) is 6.42 Å². The Balaban J connectivity index is 0. The van der Waals surface area contributed by atoms with E-state index < -0.39 is 24.0 Å². The summed E-state index contributed by atoms with van der Waals surface area (Å²) in [6.07, 6.45) is 21.1. The Morgan fingerprint density at radius 1 is 0.750 bits per heavy atom. The number of aliphatic carboxylic acids is 1. The SMILES string of the molecule is CCCCCCCCCCCCCCCCCCN[C@H](C(=O)N[C@H](CCC(N)=O)C(=O)O)C(C)C.Cl. The van der Waals surface area contributed by atoms with Gasteiger partial charge in [0.2, 0.25) is 11.8 Å². The van der Waals surface area contributed by atoms with E-state index in [1.807, 2.05) is 13.8 Å². The molecule has 7 nitrogen and oxygen atoms in total. The number of unbranched alkanes of at least 4 members (excludes halogenated alkanes) is 15. The molecule has 5 N–H and O–H groups in total. The summed E-state index contributed by atoms with van der Waals surface area (Å²) >= 11 is 0. The van der Waals surface area contributed by atoms with Crippen LogP contribution in [0.1, 0.15) is 136 Å². The molecular weight excluding hydrogens is 478 g/mol. The number of carboxylic acid groups (broad SMARTS) is 1. The molecule has 0 spiro atoms. The number of amides is 2. The van der Waals surface area contributed by atoms with E-state index >= 15 is 0 Å². The first kappa shape index (κ1) is 36.8. The molecule has 0 unspecified atom stereocenters. The number of carbonyl (C=O) groups is 3. The first-order valence-corrected chi connectivity index (χ1v) is 14.3. The summed E-state index contributed by atoms with van der Waals surface area (Å²) in [5.74, 6) is -2.04. The van der Waals surface area contributed by atoms with Crippen molar-refractivity contribution >= 4 is 30.2 Å². The fourth-order valence-corrected chi connectivity index (χ4v) is 4.37. The zero-order valence-corrected chi connectivity index (χ0v) is 24.1. The first-order chi connectivity index (χ1) is 16.8. The van der Waals surface area contributed by atoms with Crippen molar-refractivity contribution in [2.24, 2.45) is 11.7 Å². The minimum atomic E-state index is -1.15. The molecule has 0 saturated heterocycles. The number of nitrogens with one attached hydrogen (secondary N) is 2. The summed E-state index contributed by atoms with van der Waals surface area (Å²) in [5, 5.41) is 15.1. The predicted octanol–water partition coefficient (Wildman–Crippen LogP) is 6.12. The zero-order chi connectivity index (χ0) is 26.3. The lowest BCUT2D eigenvalue weighted by Gasteiger charge is -2.24. The number of carbonyl (C=O) groups excluding carboxylic acids is 2. The van der Waals surface area contributed by atoms with Crippen LogP contribution in [0.5, 0.6) is 0 Å². The second kappa shape index (κ2) is 25.3. The Hall–Kier alpha value is -1.34. The number of nitrogens with two attached hydrogens (primary N) is 1. The van der Waals surface area contributed by atoms with E-state index in [0.717, 1.165) is 19.4 Å². The number of hydrogen-bond donors (Lipinski definition) is 4. The van der Waals surface area contributed by atoms with Crippen LogP contribution in [0.15, 0.2) is 0 Å². The normalized spacial score (nSPS) is 12.7. The van der Waals surface area contributed by atoms with Gasteiger partial charge in [0.1, 0.15) is 6.04 Å². The minimum Gasteiger partial charge on any atom is -0.480 e. The fourth-order valence-electron chi connectivity index (χ4n) is 4.37. The second-order valence-corrected chi connectivity index (χ2v) is 10.4. The Morgan fingerprint density at radius 2 is 1.17 bits per heavy atom. The van der Waals surface area contributed by atoms with Crippen molar-refractivity contribution in [3.63, 3.8) is 0 Å². The minimum absolute atomic E-state index is 0. The van der Waals surface area contributed by atoms with E-state index in [-0.39, 0.29) is 37.1 Å². The quantitative estimate of drug-likeness (QED) is 0.105. The maximum absolute atomic E-state index is 12.6. The summed E-state index contributed by atoms with van der Waals surface area (Å²) in [6.45, 7) is 6.87. The van der Waals surface area contributed by atoms with Gasteiger partial charge in [-0.15, -0.1) is 12.4 Å². The first-order valence-electron chi connectivity index (χ1n) is 14.3. The molecule has 214 valence electrons. The molecule has 2 atom stereocenters. The molecule has 0 saturated carbocycles. The largest absolute Gasteiger partial charge is 0.480 e. The van der Waals surface area contributed by atoms with E-state index in [4.69, 9.17) is 5.73 Å². The van der Waals surface area contributed by atoms with Gasteiger partial charge in [0.25, 0.3) is 0 Å². The predicted molar refractivity (Wildman–Crippen MR) is 151 cm³/mol. The van der Waals surface area contributed by atoms with Gasteiger partial charge in [0.05, 0.1) is 6.04 Å². The summed E-state index contributed by atoms with van der Waals surface area (Å²) in [6, 6.07) is -1.56. The van der Waals surface area contributed by atoms with Gasteiger partial charge in [-0.05, 0) is 25.3 Å². The third kappa shape index (κ3) is 21.9. The highest BCUT2D eigenvalue weighted by Crippen LogP contribution is 2.14. The summed E-state index contributed by atoms with van der Waals surface area (Å²) in [4.78, 5) is 34.9. The number of primary amides is 1. The smallest absolute Gasteiger partial charge is 0.326 e. The van der Waals surface area contributed by atoms with Gasteiger partial charge in [-0.1, -0.05) is 117 Å². The molecule has 8 heteroatoms. The molecule has 0 aliphatic heterocycles. The van der Waals surface area contributed by atoms with Crippen molar-refractivity contribution < 1.29 is 19.5 Å². The van der Waals surface area contributed by atoms with Crippen LogP contribution in [0, 0.1) is 5.92 Å². The molecule has 0 bridgehead atoms. The van der Waals surface area contributed by atoms with Crippen LogP contribution in [0.2, 0.25) is 0 Å². The van der Waals surface area contributed by atoms with E-state index in [1.54, 1.807) is 0 Å². The summed E-state index contributed by atoms with van der Waals surface area (Å²) < 4.78 is 0. The van der Waals surface area contributed by atoms with Crippen LogP contribution in [0.3, 0.4) is 0 Å². The molecule has 0 radical (unpaired) electrons.